The predicted octanol–water partition coefficient (Wildman–Crippen LogP) is 12.5. The van der Waals surface area contributed by atoms with Crippen LogP contribution in [0.1, 0.15) is 40.9 Å². The van der Waals surface area contributed by atoms with E-state index >= 15 is 0 Å². The number of benzene rings is 6. The Morgan fingerprint density at radius 2 is 1.18 bits per heavy atom. The lowest BCUT2D eigenvalue weighted by molar-refractivity contribution is 0.436. The molecular weight excluding hydrogens is 695 g/mol. The summed E-state index contributed by atoms with van der Waals surface area (Å²) in [7, 11) is 0. The lowest BCUT2D eigenvalue weighted by atomic mass is 9.66. The van der Waals surface area contributed by atoms with E-state index in [1.54, 1.807) is 0 Å². The summed E-state index contributed by atoms with van der Waals surface area (Å²) in [4.78, 5) is 15.7. The molecule has 7 aromatic rings. The molecule has 0 N–H and O–H groups in total. The quantitative estimate of drug-likeness (QED) is 0.181. The summed E-state index contributed by atoms with van der Waals surface area (Å²) in [6.45, 7) is 0. The maximum Gasteiger partial charge on any atom is 0.164 e. The van der Waals surface area contributed by atoms with Gasteiger partial charge in [-0.05, 0) is 86.7 Å². The fraction of sp³-hybridized carbons (Fsp3) is 0.0755. The van der Waals surface area contributed by atoms with Gasteiger partial charge in [-0.2, -0.15) is 0 Å². The molecule has 1 unspecified atom stereocenters. The van der Waals surface area contributed by atoms with Crippen LogP contribution in [0, 0.1) is 5.92 Å². The molecule has 1 aromatic heterocycles. The third kappa shape index (κ3) is 4.77. The van der Waals surface area contributed by atoms with E-state index in [2.05, 4.69) is 164 Å². The largest absolute Gasteiger partial charge is 0.457 e. The van der Waals surface area contributed by atoms with Crippen molar-refractivity contribution in [2.75, 3.05) is 0 Å². The molecule has 4 heteroatoms. The Labute approximate surface area is 331 Å². The van der Waals surface area contributed by atoms with Crippen LogP contribution in [0.5, 0.6) is 11.5 Å². The first kappa shape index (κ1) is 32.1. The molecule has 4 nitrogen and oxygen atoms in total. The van der Waals surface area contributed by atoms with Gasteiger partial charge in [0.25, 0.3) is 0 Å². The summed E-state index contributed by atoms with van der Waals surface area (Å²) in [5.41, 5.74) is 16.1. The number of allylic oxidation sites excluding steroid dienone is 10. The highest BCUT2D eigenvalue weighted by molar-refractivity contribution is 5.90. The standard InChI is InChI=1S/C53H35N3O/c1-2-14-34(15-3-1)50-54-51(38-30-36-18-12-16-33-17-13-19-37(31-38)49(33)36)56-52(55-50)42-23-5-4-20-39(42)35-28-29-46-48(32-35)57-47-27-11-10-26-45(47)53(46)43-24-8-6-21-40(43)41-22-7-9-25-44(41)53/h1-16,18-29,31-32,36H,17,30H2. The Hall–Kier alpha value is -7.17. The van der Waals surface area contributed by atoms with E-state index < -0.39 is 5.41 Å². The number of ether oxygens (including phenoxy) is 1. The average molecular weight is 730 g/mol. The van der Waals surface area contributed by atoms with Crippen molar-refractivity contribution >= 4 is 5.57 Å². The van der Waals surface area contributed by atoms with Crippen molar-refractivity contribution in [1.82, 2.24) is 15.0 Å². The Morgan fingerprint density at radius 1 is 0.526 bits per heavy atom. The molecule has 1 atom stereocenters. The molecule has 0 saturated heterocycles. The SMILES string of the molecule is C1=CC2CC(c3nc(-c4ccccc4)nc(-c4ccccc4-c4ccc5c(c4)Oc4ccccc4C54c5ccccc5-c5ccccc54)n3)=CC3=C2C(=C1)CC=C3. The molecule has 57 heavy (non-hydrogen) atoms. The molecular formula is C53H35N3O. The second kappa shape index (κ2) is 12.4. The van der Waals surface area contributed by atoms with Gasteiger partial charge in [-0.15, -0.1) is 0 Å². The zero-order valence-corrected chi connectivity index (χ0v) is 31.1. The van der Waals surface area contributed by atoms with E-state index in [-0.39, 0.29) is 0 Å². The van der Waals surface area contributed by atoms with Gasteiger partial charge in [0.15, 0.2) is 17.5 Å². The fourth-order valence-electron chi connectivity index (χ4n) is 9.96. The lowest BCUT2D eigenvalue weighted by Crippen LogP contribution is -2.32. The average Bonchev–Trinajstić information content (AvgIpc) is 3.57. The van der Waals surface area contributed by atoms with Gasteiger partial charge in [-0.3, -0.25) is 0 Å². The van der Waals surface area contributed by atoms with Crippen molar-refractivity contribution < 1.29 is 4.74 Å². The minimum absolute atomic E-state index is 0.306. The number of hydrogen-bond acceptors (Lipinski definition) is 4. The number of aromatic nitrogens is 3. The second-order valence-electron chi connectivity index (χ2n) is 15.4. The number of fused-ring (bicyclic) bond motifs is 9. The summed E-state index contributed by atoms with van der Waals surface area (Å²) >= 11 is 0. The molecule has 0 saturated carbocycles. The van der Waals surface area contributed by atoms with Crippen molar-refractivity contribution in [2.45, 2.75) is 18.3 Å². The molecule has 1 aliphatic heterocycles. The Morgan fingerprint density at radius 3 is 1.98 bits per heavy atom. The molecule has 0 fully saturated rings. The fourth-order valence-corrected chi connectivity index (χ4v) is 9.96. The lowest BCUT2D eigenvalue weighted by Gasteiger charge is -2.39. The molecule has 5 aliphatic rings. The Kier molecular flexibility index (Phi) is 7.00. The van der Waals surface area contributed by atoms with Crippen LogP contribution in [-0.2, 0) is 5.41 Å². The highest BCUT2D eigenvalue weighted by Gasteiger charge is 2.51. The zero-order valence-electron chi connectivity index (χ0n) is 31.1. The monoisotopic (exact) mass is 729 g/mol. The second-order valence-corrected chi connectivity index (χ2v) is 15.4. The third-order valence-electron chi connectivity index (χ3n) is 12.4. The van der Waals surface area contributed by atoms with Crippen LogP contribution in [0.4, 0.5) is 0 Å². The molecule has 12 rings (SSSR count). The van der Waals surface area contributed by atoms with Gasteiger partial charge in [0.2, 0.25) is 0 Å². The molecule has 2 heterocycles. The van der Waals surface area contributed by atoms with Gasteiger partial charge < -0.3 is 4.74 Å². The van der Waals surface area contributed by atoms with E-state index in [4.69, 9.17) is 19.7 Å². The van der Waals surface area contributed by atoms with E-state index in [9.17, 15) is 0 Å². The number of nitrogens with zero attached hydrogens (tertiary/aromatic N) is 3. The number of rotatable bonds is 4. The van der Waals surface area contributed by atoms with Crippen molar-refractivity contribution in [3.8, 4) is 56.5 Å². The topological polar surface area (TPSA) is 47.9 Å². The van der Waals surface area contributed by atoms with Crippen LogP contribution in [0.25, 0.3) is 50.6 Å². The van der Waals surface area contributed by atoms with Crippen LogP contribution in [0.15, 0.2) is 199 Å². The van der Waals surface area contributed by atoms with Crippen molar-refractivity contribution in [3.63, 3.8) is 0 Å². The van der Waals surface area contributed by atoms with Gasteiger partial charge in [0, 0.05) is 28.2 Å². The van der Waals surface area contributed by atoms with Crippen molar-refractivity contribution in [2.24, 2.45) is 5.92 Å². The summed E-state index contributed by atoms with van der Waals surface area (Å²) in [5.74, 6) is 4.05. The zero-order chi connectivity index (χ0) is 37.5. The summed E-state index contributed by atoms with van der Waals surface area (Å²) in [6.07, 6.45) is 15.4. The van der Waals surface area contributed by atoms with Gasteiger partial charge in [0.1, 0.15) is 11.5 Å². The molecule has 0 radical (unpaired) electrons. The van der Waals surface area contributed by atoms with Crippen LogP contribution >= 0.6 is 0 Å². The first-order valence-corrected chi connectivity index (χ1v) is 19.8. The predicted molar refractivity (Wildman–Crippen MR) is 228 cm³/mol. The van der Waals surface area contributed by atoms with Crippen molar-refractivity contribution in [1.29, 1.82) is 0 Å². The highest BCUT2D eigenvalue weighted by Crippen LogP contribution is 2.62. The van der Waals surface area contributed by atoms with Gasteiger partial charge in [-0.1, -0.05) is 164 Å². The first-order chi connectivity index (χ1) is 28.2. The smallest absolute Gasteiger partial charge is 0.164 e. The maximum atomic E-state index is 6.89. The molecule has 1 spiro atoms. The Balaban J connectivity index is 1.03. The van der Waals surface area contributed by atoms with E-state index in [0.29, 0.717) is 17.6 Å². The Bertz CT molecular complexity index is 2950. The minimum atomic E-state index is -0.510. The van der Waals surface area contributed by atoms with Crippen LogP contribution < -0.4 is 4.74 Å². The summed E-state index contributed by atoms with van der Waals surface area (Å²) < 4.78 is 6.89. The van der Waals surface area contributed by atoms with Crippen LogP contribution in [0.2, 0.25) is 0 Å². The van der Waals surface area contributed by atoms with E-state index in [1.807, 2.05) is 18.2 Å². The maximum absolute atomic E-state index is 6.89. The first-order valence-electron chi connectivity index (χ1n) is 19.8. The highest BCUT2D eigenvalue weighted by atomic mass is 16.5. The normalized spacial score (nSPS) is 17.4. The number of para-hydroxylation sites is 1. The minimum Gasteiger partial charge on any atom is -0.457 e. The molecule has 268 valence electrons. The van der Waals surface area contributed by atoms with Crippen LogP contribution in [-0.4, -0.2) is 15.0 Å². The molecule has 0 bridgehead atoms. The van der Waals surface area contributed by atoms with Gasteiger partial charge in [-0.25, -0.2) is 15.0 Å². The van der Waals surface area contributed by atoms with E-state index in [0.717, 1.165) is 69.1 Å². The molecule has 6 aromatic carbocycles. The summed E-state index contributed by atoms with van der Waals surface area (Å²) in [5, 5.41) is 0. The molecule has 0 amide bonds. The van der Waals surface area contributed by atoms with Crippen molar-refractivity contribution in [3.05, 3.63) is 227 Å². The van der Waals surface area contributed by atoms with E-state index in [1.165, 1.54) is 39.0 Å². The number of hydrogen-bond donors (Lipinski definition) is 0. The molecule has 4 aliphatic carbocycles. The summed E-state index contributed by atoms with van der Waals surface area (Å²) in [6, 6.07) is 51.6. The van der Waals surface area contributed by atoms with Gasteiger partial charge in [0.05, 0.1) is 5.41 Å². The third-order valence-corrected chi connectivity index (χ3v) is 12.4. The van der Waals surface area contributed by atoms with Crippen LogP contribution in [0.3, 0.4) is 0 Å². The van der Waals surface area contributed by atoms with Gasteiger partial charge >= 0.3 is 0 Å².